The van der Waals surface area contributed by atoms with Crippen molar-refractivity contribution in [1.82, 2.24) is 20.0 Å². The quantitative estimate of drug-likeness (QED) is 0.502. The molecular formula is C29H36ClN5O4. The number of morpholine rings is 1. The minimum atomic E-state index is -0.279. The molecule has 208 valence electrons. The number of fused-ring (bicyclic) bond motifs is 1. The second-order valence-electron chi connectivity index (χ2n) is 9.52. The Kier molecular flexibility index (Phi) is 9.84. The van der Waals surface area contributed by atoms with Crippen LogP contribution >= 0.6 is 11.6 Å². The summed E-state index contributed by atoms with van der Waals surface area (Å²) in [4.78, 5) is 44.3. The lowest BCUT2D eigenvalue weighted by molar-refractivity contribution is -0.117. The van der Waals surface area contributed by atoms with Gasteiger partial charge in [-0.1, -0.05) is 35.9 Å². The van der Waals surface area contributed by atoms with Gasteiger partial charge in [0.1, 0.15) is 0 Å². The number of nitrogens with one attached hydrogen (secondary N) is 2. The third kappa shape index (κ3) is 6.91. The van der Waals surface area contributed by atoms with E-state index >= 15 is 0 Å². The van der Waals surface area contributed by atoms with E-state index in [1.54, 1.807) is 41.1 Å². The highest BCUT2D eigenvalue weighted by atomic mass is 35.5. The number of piperazine rings is 1. The van der Waals surface area contributed by atoms with E-state index in [1.807, 2.05) is 19.1 Å². The number of allylic oxidation sites excluding steroid dienone is 3. The summed E-state index contributed by atoms with van der Waals surface area (Å²) in [5.41, 5.74) is 2.30. The van der Waals surface area contributed by atoms with Crippen LogP contribution in [0, 0.1) is 0 Å². The number of halogens is 1. The minimum Gasteiger partial charge on any atom is -0.378 e. The van der Waals surface area contributed by atoms with Crippen LogP contribution in [-0.2, 0) is 9.53 Å². The average molecular weight is 554 g/mol. The van der Waals surface area contributed by atoms with Gasteiger partial charge in [-0.25, -0.2) is 4.79 Å². The monoisotopic (exact) mass is 553 g/mol. The van der Waals surface area contributed by atoms with Crippen molar-refractivity contribution in [3.05, 3.63) is 76.5 Å². The fourth-order valence-electron chi connectivity index (χ4n) is 4.91. The topological polar surface area (TPSA) is 94.2 Å². The molecule has 1 atom stereocenters. The number of hydrogen-bond donors (Lipinski definition) is 2. The Balaban J connectivity index is 1.44. The summed E-state index contributed by atoms with van der Waals surface area (Å²) in [5.74, 6) is -0.324. The van der Waals surface area contributed by atoms with E-state index in [1.165, 1.54) is 0 Å². The molecule has 1 unspecified atom stereocenters. The summed E-state index contributed by atoms with van der Waals surface area (Å²) in [6.07, 6.45) is 11.9. The number of anilines is 1. The fourth-order valence-corrected chi connectivity index (χ4v) is 5.25. The van der Waals surface area contributed by atoms with Crippen LogP contribution in [-0.4, -0.2) is 91.6 Å². The highest BCUT2D eigenvalue weighted by molar-refractivity contribution is 6.35. The normalized spacial score (nSPS) is 19.8. The average Bonchev–Trinajstić information content (AvgIpc) is 2.96. The van der Waals surface area contributed by atoms with Crippen LogP contribution in [0.5, 0.6) is 0 Å². The predicted octanol–water partition coefficient (Wildman–Crippen LogP) is 3.73. The van der Waals surface area contributed by atoms with Crippen LogP contribution in [0.1, 0.15) is 30.1 Å². The Bertz CT molecular complexity index is 1180. The van der Waals surface area contributed by atoms with Crippen LogP contribution in [0.25, 0.3) is 0 Å². The largest absolute Gasteiger partial charge is 0.378 e. The lowest BCUT2D eigenvalue weighted by atomic mass is 9.97. The predicted molar refractivity (Wildman–Crippen MR) is 152 cm³/mol. The lowest BCUT2D eigenvalue weighted by Gasteiger charge is -2.44. The molecule has 0 radical (unpaired) electrons. The number of carbonyl (C=O) groups is 3. The van der Waals surface area contributed by atoms with Gasteiger partial charge in [0.05, 0.1) is 36.4 Å². The van der Waals surface area contributed by atoms with Gasteiger partial charge in [0.15, 0.2) is 0 Å². The Morgan fingerprint density at radius 3 is 2.46 bits per heavy atom. The minimum absolute atomic E-state index is 0.00419. The van der Waals surface area contributed by atoms with Crippen LogP contribution in [0.4, 0.5) is 10.5 Å². The third-order valence-electron chi connectivity index (χ3n) is 7.04. The standard InChI is InChI=1S/C29H36ClN5O4/c1-3-4-5-6-7-8-23-19-24(30)26(27(36)31-2)25-20-34(13-14-35(23)25)29(38)32-22-11-9-21(10-12-22)28(37)33-15-17-39-18-16-33/h3-4,6-7,9-12,19,23H,5,8,13-18,20H2,1-2H3,(H,31,36)(H,32,38)/b4-3-,7-6-. The molecule has 1 aromatic rings. The van der Waals surface area contributed by atoms with Gasteiger partial charge in [0.25, 0.3) is 11.8 Å². The second-order valence-corrected chi connectivity index (χ2v) is 9.93. The van der Waals surface area contributed by atoms with Gasteiger partial charge in [-0.3, -0.25) is 9.59 Å². The van der Waals surface area contributed by atoms with E-state index in [2.05, 4.69) is 33.8 Å². The molecule has 4 amide bonds. The van der Waals surface area contributed by atoms with Crippen molar-refractivity contribution in [2.45, 2.75) is 25.8 Å². The zero-order valence-corrected chi connectivity index (χ0v) is 23.2. The number of nitrogens with zero attached hydrogens (tertiary/aromatic N) is 3. The molecule has 3 heterocycles. The number of carbonyl (C=O) groups excluding carboxylic acids is 3. The second kappa shape index (κ2) is 13.5. The number of urea groups is 1. The molecule has 0 saturated carbocycles. The van der Waals surface area contributed by atoms with Crippen molar-refractivity contribution < 1.29 is 19.1 Å². The molecule has 2 saturated heterocycles. The smallest absolute Gasteiger partial charge is 0.322 e. The van der Waals surface area contributed by atoms with Gasteiger partial charge in [-0.2, -0.15) is 0 Å². The highest BCUT2D eigenvalue weighted by Gasteiger charge is 2.36. The van der Waals surface area contributed by atoms with E-state index in [-0.39, 0.29) is 30.4 Å². The SMILES string of the molecule is C/C=C\C/C=C\CC1C=C(Cl)C(C(=O)NC)=C2CN(C(=O)Nc3ccc(C(=O)N4CCOCC4)cc3)CCN21. The highest BCUT2D eigenvalue weighted by Crippen LogP contribution is 2.33. The molecule has 9 nitrogen and oxygen atoms in total. The van der Waals surface area contributed by atoms with E-state index in [9.17, 15) is 14.4 Å². The van der Waals surface area contributed by atoms with Crippen LogP contribution < -0.4 is 10.6 Å². The van der Waals surface area contributed by atoms with Crippen molar-refractivity contribution in [1.29, 1.82) is 0 Å². The number of rotatable bonds is 7. The zero-order chi connectivity index (χ0) is 27.8. The van der Waals surface area contributed by atoms with Gasteiger partial charge < -0.3 is 30.1 Å². The Morgan fingerprint density at radius 2 is 1.77 bits per heavy atom. The first-order chi connectivity index (χ1) is 18.9. The summed E-state index contributed by atoms with van der Waals surface area (Å²) in [7, 11) is 1.57. The van der Waals surface area contributed by atoms with Crippen molar-refractivity contribution >= 4 is 35.1 Å². The Hall–Kier alpha value is -3.56. The molecule has 0 bridgehead atoms. The molecule has 3 aliphatic rings. The molecular weight excluding hydrogens is 518 g/mol. The summed E-state index contributed by atoms with van der Waals surface area (Å²) >= 11 is 6.61. The molecule has 2 N–H and O–H groups in total. The molecule has 3 aliphatic heterocycles. The third-order valence-corrected chi connectivity index (χ3v) is 7.35. The molecule has 0 aromatic heterocycles. The van der Waals surface area contributed by atoms with Crippen LogP contribution in [0.3, 0.4) is 0 Å². The van der Waals surface area contributed by atoms with Crippen molar-refractivity contribution in [3.63, 3.8) is 0 Å². The summed E-state index contributed by atoms with van der Waals surface area (Å²) in [6.45, 7) is 5.55. The van der Waals surface area contributed by atoms with Crippen LogP contribution in [0.15, 0.2) is 70.9 Å². The maximum atomic E-state index is 13.2. The summed E-state index contributed by atoms with van der Waals surface area (Å²) < 4.78 is 5.32. The number of hydrogen-bond acceptors (Lipinski definition) is 5. The number of likely N-dealkylation sites (N-methyl/N-ethyl adjacent to an activating group) is 1. The molecule has 1 aromatic carbocycles. The number of benzene rings is 1. The molecule has 2 fully saturated rings. The molecule has 0 aliphatic carbocycles. The Morgan fingerprint density at radius 1 is 1.03 bits per heavy atom. The molecule has 39 heavy (non-hydrogen) atoms. The van der Waals surface area contributed by atoms with E-state index < -0.39 is 0 Å². The van der Waals surface area contributed by atoms with Crippen LogP contribution in [0.2, 0.25) is 0 Å². The van der Waals surface area contributed by atoms with E-state index in [0.717, 1.165) is 18.5 Å². The molecule has 10 heteroatoms. The number of ether oxygens (including phenoxy) is 1. The fraction of sp³-hybridized carbons (Fsp3) is 0.414. The maximum Gasteiger partial charge on any atom is 0.322 e. The van der Waals surface area contributed by atoms with Gasteiger partial charge in [-0.05, 0) is 50.1 Å². The first-order valence-electron chi connectivity index (χ1n) is 13.3. The first kappa shape index (κ1) is 28.4. The van der Waals surface area contributed by atoms with Gasteiger partial charge in [0, 0.05) is 50.2 Å². The zero-order valence-electron chi connectivity index (χ0n) is 22.5. The lowest BCUT2D eigenvalue weighted by Crippen LogP contribution is -2.53. The molecule has 4 rings (SSSR count). The number of amides is 4. The maximum absolute atomic E-state index is 13.2. The van der Waals surface area contributed by atoms with Gasteiger partial charge in [-0.15, -0.1) is 0 Å². The Labute approximate surface area is 234 Å². The summed E-state index contributed by atoms with van der Waals surface area (Å²) in [5, 5.41) is 5.99. The van der Waals surface area contributed by atoms with Crippen molar-refractivity contribution in [2.75, 3.05) is 58.3 Å². The van der Waals surface area contributed by atoms with E-state index in [4.69, 9.17) is 16.3 Å². The van der Waals surface area contributed by atoms with Gasteiger partial charge in [0.2, 0.25) is 0 Å². The van der Waals surface area contributed by atoms with Gasteiger partial charge >= 0.3 is 6.03 Å². The summed E-state index contributed by atoms with van der Waals surface area (Å²) in [6, 6.07) is 6.62. The van der Waals surface area contributed by atoms with E-state index in [0.29, 0.717) is 61.2 Å². The first-order valence-corrected chi connectivity index (χ1v) is 13.7. The molecule has 0 spiro atoms. The van der Waals surface area contributed by atoms with Crippen molar-refractivity contribution in [2.24, 2.45) is 0 Å². The van der Waals surface area contributed by atoms with Crippen molar-refractivity contribution in [3.8, 4) is 0 Å².